The Morgan fingerprint density at radius 1 is 1.20 bits per heavy atom. The predicted octanol–water partition coefficient (Wildman–Crippen LogP) is 3.01. The molecule has 3 rings (SSSR count). The second-order valence-corrected chi connectivity index (χ2v) is 6.65. The first kappa shape index (κ1) is 17.5. The lowest BCUT2D eigenvalue weighted by Gasteiger charge is -2.30. The number of nitrogens with one attached hydrogen (secondary N) is 1. The molecule has 25 heavy (non-hydrogen) atoms. The number of likely N-dealkylation sites (N-methyl/N-ethyl adjacent to an activating group) is 1. The third kappa shape index (κ3) is 4.38. The first-order valence-electron chi connectivity index (χ1n) is 8.52. The molecular formula is C20H25N3O2. The lowest BCUT2D eigenvalue weighted by atomic mass is 10.1. The van der Waals surface area contributed by atoms with E-state index in [9.17, 15) is 4.79 Å². The van der Waals surface area contributed by atoms with Gasteiger partial charge in [0.2, 0.25) is 0 Å². The van der Waals surface area contributed by atoms with Gasteiger partial charge >= 0.3 is 0 Å². The van der Waals surface area contributed by atoms with Crippen molar-refractivity contribution in [2.75, 3.05) is 51.1 Å². The van der Waals surface area contributed by atoms with Crippen molar-refractivity contribution < 1.29 is 9.53 Å². The monoisotopic (exact) mass is 339 g/mol. The Morgan fingerprint density at radius 2 is 2.00 bits per heavy atom. The van der Waals surface area contributed by atoms with E-state index in [4.69, 9.17) is 4.74 Å². The highest BCUT2D eigenvalue weighted by Crippen LogP contribution is 2.24. The van der Waals surface area contributed by atoms with Gasteiger partial charge in [0, 0.05) is 44.1 Å². The number of nitrogens with zero attached hydrogens (tertiary/aromatic N) is 2. The summed E-state index contributed by atoms with van der Waals surface area (Å²) in [6, 6.07) is 15.5. The van der Waals surface area contributed by atoms with Crippen molar-refractivity contribution in [3.63, 3.8) is 0 Å². The van der Waals surface area contributed by atoms with Gasteiger partial charge in [0.1, 0.15) is 0 Å². The van der Waals surface area contributed by atoms with Crippen LogP contribution < -0.4 is 10.2 Å². The van der Waals surface area contributed by atoms with Crippen LogP contribution >= 0.6 is 0 Å². The van der Waals surface area contributed by atoms with Crippen LogP contribution in [0.5, 0.6) is 0 Å². The molecule has 0 saturated carbocycles. The number of benzene rings is 2. The summed E-state index contributed by atoms with van der Waals surface area (Å²) in [6.07, 6.45) is 0.0488. The first-order valence-corrected chi connectivity index (χ1v) is 8.52. The molecule has 5 heteroatoms. The van der Waals surface area contributed by atoms with Gasteiger partial charge in [0.05, 0.1) is 12.7 Å². The second-order valence-electron chi connectivity index (χ2n) is 6.65. The van der Waals surface area contributed by atoms with Crippen molar-refractivity contribution in [2.45, 2.75) is 6.10 Å². The molecule has 1 aliphatic rings. The minimum atomic E-state index is -0.109. The summed E-state index contributed by atoms with van der Waals surface area (Å²) in [5.41, 5.74) is 3.52. The highest BCUT2D eigenvalue weighted by molar-refractivity contribution is 6.04. The molecule has 1 amide bonds. The Balaban J connectivity index is 1.73. The van der Waals surface area contributed by atoms with Gasteiger partial charge < -0.3 is 19.9 Å². The van der Waals surface area contributed by atoms with Crippen LogP contribution in [0.15, 0.2) is 48.5 Å². The van der Waals surface area contributed by atoms with E-state index in [0.29, 0.717) is 5.56 Å². The van der Waals surface area contributed by atoms with E-state index in [1.165, 1.54) is 0 Å². The zero-order valence-electron chi connectivity index (χ0n) is 15.0. The lowest BCUT2D eigenvalue weighted by Crippen LogP contribution is -2.35. The molecule has 2 aromatic rings. The molecule has 1 saturated heterocycles. The third-order valence-electron chi connectivity index (χ3n) is 4.41. The zero-order chi connectivity index (χ0) is 17.8. The summed E-state index contributed by atoms with van der Waals surface area (Å²) in [5.74, 6) is -0.109. The molecule has 1 aliphatic heterocycles. The Kier molecular flexibility index (Phi) is 5.36. The van der Waals surface area contributed by atoms with Crippen LogP contribution in [0.25, 0.3) is 0 Å². The van der Waals surface area contributed by atoms with Crippen LogP contribution in [0.2, 0.25) is 0 Å². The fourth-order valence-electron chi connectivity index (χ4n) is 2.92. The minimum absolute atomic E-state index is 0.0488. The number of anilines is 2. The second kappa shape index (κ2) is 7.68. The molecule has 0 spiro atoms. The Bertz CT molecular complexity index is 745. The molecule has 0 aromatic heterocycles. The Hall–Kier alpha value is -2.37. The molecule has 0 aliphatic carbocycles. The molecule has 5 nitrogen and oxygen atoms in total. The van der Waals surface area contributed by atoms with Gasteiger partial charge in [-0.25, -0.2) is 0 Å². The fraction of sp³-hybridized carbons (Fsp3) is 0.350. The van der Waals surface area contributed by atoms with Gasteiger partial charge in [-0.15, -0.1) is 0 Å². The molecule has 1 fully saturated rings. The molecule has 1 N–H and O–H groups in total. The first-order chi connectivity index (χ1) is 12.0. The molecule has 1 unspecified atom stereocenters. The number of hydrogen-bond acceptors (Lipinski definition) is 4. The number of rotatable bonds is 4. The number of amides is 1. The van der Waals surface area contributed by atoms with E-state index >= 15 is 0 Å². The highest BCUT2D eigenvalue weighted by atomic mass is 16.5. The Morgan fingerprint density at radius 3 is 2.76 bits per heavy atom. The SMILES string of the molecule is CN1CCOC(c2cccc(NC(=O)c3cccc(N(C)C)c3)c2)C1. The Labute approximate surface area is 149 Å². The third-order valence-corrected chi connectivity index (χ3v) is 4.41. The standard InChI is InChI=1S/C20H25N3O2/c1-22(2)18-9-5-7-16(13-18)20(24)21-17-8-4-6-15(12-17)19-14-23(3)10-11-25-19/h4-9,12-13,19H,10-11,14H2,1-3H3,(H,21,24). The highest BCUT2D eigenvalue weighted by Gasteiger charge is 2.19. The van der Waals surface area contributed by atoms with Crippen LogP contribution in [-0.4, -0.2) is 51.6 Å². The predicted molar refractivity (Wildman–Crippen MR) is 101 cm³/mol. The van der Waals surface area contributed by atoms with Gasteiger partial charge in [-0.05, 0) is 42.9 Å². The van der Waals surface area contributed by atoms with Gasteiger partial charge in [-0.2, -0.15) is 0 Å². The minimum Gasteiger partial charge on any atom is -0.378 e. The van der Waals surface area contributed by atoms with Gasteiger partial charge in [-0.3, -0.25) is 4.79 Å². The van der Waals surface area contributed by atoms with E-state index < -0.39 is 0 Å². The molecule has 1 heterocycles. The maximum Gasteiger partial charge on any atom is 0.255 e. The van der Waals surface area contributed by atoms with Crippen molar-refractivity contribution in [1.29, 1.82) is 0 Å². The molecule has 0 radical (unpaired) electrons. The molecular weight excluding hydrogens is 314 g/mol. The molecule has 132 valence electrons. The summed E-state index contributed by atoms with van der Waals surface area (Å²) in [6.45, 7) is 2.55. The maximum absolute atomic E-state index is 12.6. The molecule has 2 aromatic carbocycles. The van der Waals surface area contributed by atoms with E-state index in [1.807, 2.05) is 67.5 Å². The maximum atomic E-state index is 12.6. The zero-order valence-corrected chi connectivity index (χ0v) is 15.0. The van der Waals surface area contributed by atoms with E-state index in [2.05, 4.69) is 17.3 Å². The fourth-order valence-corrected chi connectivity index (χ4v) is 2.92. The summed E-state index contributed by atoms with van der Waals surface area (Å²) in [4.78, 5) is 16.8. The topological polar surface area (TPSA) is 44.8 Å². The van der Waals surface area contributed by atoms with Gasteiger partial charge in [-0.1, -0.05) is 18.2 Å². The molecule has 1 atom stereocenters. The van der Waals surface area contributed by atoms with Gasteiger partial charge in [0.25, 0.3) is 5.91 Å². The summed E-state index contributed by atoms with van der Waals surface area (Å²) in [5, 5.41) is 2.99. The van der Waals surface area contributed by atoms with Crippen LogP contribution in [0, 0.1) is 0 Å². The number of ether oxygens (including phenoxy) is 1. The normalized spacial score (nSPS) is 18.0. The van der Waals surface area contributed by atoms with Crippen molar-refractivity contribution in [1.82, 2.24) is 4.90 Å². The molecule has 0 bridgehead atoms. The van der Waals surface area contributed by atoms with Crippen molar-refractivity contribution in [3.8, 4) is 0 Å². The van der Waals surface area contributed by atoms with Crippen LogP contribution in [0.3, 0.4) is 0 Å². The average Bonchev–Trinajstić information content (AvgIpc) is 2.62. The summed E-state index contributed by atoms with van der Waals surface area (Å²) >= 11 is 0. The summed E-state index contributed by atoms with van der Waals surface area (Å²) in [7, 11) is 6.02. The van der Waals surface area contributed by atoms with Gasteiger partial charge in [0.15, 0.2) is 0 Å². The number of morpholine rings is 1. The lowest BCUT2D eigenvalue weighted by molar-refractivity contribution is -0.0208. The average molecular weight is 339 g/mol. The van der Waals surface area contributed by atoms with E-state index in [1.54, 1.807) is 0 Å². The number of carbonyl (C=O) groups excluding carboxylic acids is 1. The quantitative estimate of drug-likeness (QED) is 0.930. The smallest absolute Gasteiger partial charge is 0.255 e. The summed E-state index contributed by atoms with van der Waals surface area (Å²) < 4.78 is 5.86. The van der Waals surface area contributed by atoms with Crippen LogP contribution in [0.1, 0.15) is 22.0 Å². The van der Waals surface area contributed by atoms with E-state index in [-0.39, 0.29) is 12.0 Å². The van der Waals surface area contributed by atoms with Crippen molar-refractivity contribution in [2.24, 2.45) is 0 Å². The largest absolute Gasteiger partial charge is 0.378 e. The van der Waals surface area contributed by atoms with Crippen molar-refractivity contribution in [3.05, 3.63) is 59.7 Å². The van der Waals surface area contributed by atoms with Crippen LogP contribution in [0.4, 0.5) is 11.4 Å². The van der Waals surface area contributed by atoms with Crippen LogP contribution in [-0.2, 0) is 4.74 Å². The number of hydrogen-bond donors (Lipinski definition) is 1. The van der Waals surface area contributed by atoms with Crippen molar-refractivity contribution >= 4 is 17.3 Å². The number of carbonyl (C=O) groups is 1. The van der Waals surface area contributed by atoms with E-state index in [0.717, 1.165) is 36.6 Å².